The second kappa shape index (κ2) is 6.46. The Morgan fingerprint density at radius 2 is 2.15 bits per heavy atom. The number of aromatic nitrogens is 3. The van der Waals surface area contributed by atoms with Gasteiger partial charge in [-0.25, -0.2) is 22.9 Å². The lowest BCUT2D eigenvalue weighted by Crippen LogP contribution is -2.44. The molecule has 9 nitrogen and oxygen atoms in total. The number of hydrogen-bond donors (Lipinski definition) is 2. The van der Waals surface area contributed by atoms with Crippen molar-refractivity contribution in [3.63, 3.8) is 0 Å². The number of carboxylic acids is 1. The third-order valence-electron chi connectivity index (χ3n) is 2.44. The van der Waals surface area contributed by atoms with Crippen molar-refractivity contribution in [1.82, 2.24) is 20.1 Å². The number of carboxylic acid groups (broad SMARTS) is 1. The van der Waals surface area contributed by atoms with Crippen LogP contribution in [0, 0.1) is 0 Å². The van der Waals surface area contributed by atoms with Crippen molar-refractivity contribution in [2.45, 2.75) is 32.2 Å². The topological polar surface area (TPSA) is 131 Å². The highest BCUT2D eigenvalue weighted by molar-refractivity contribution is 7.90. The van der Waals surface area contributed by atoms with E-state index in [1.807, 2.05) is 0 Å². The van der Waals surface area contributed by atoms with Crippen LogP contribution in [0.1, 0.15) is 19.7 Å². The highest BCUT2D eigenvalue weighted by Crippen LogP contribution is 2.05. The molecule has 1 heterocycles. The number of nitrogens with one attached hydrogen (secondary N) is 1. The summed E-state index contributed by atoms with van der Waals surface area (Å²) in [5, 5.41) is 14.8. The second-order valence-electron chi connectivity index (χ2n) is 4.14. The number of nitrogens with zero attached hydrogens (tertiary/aromatic N) is 3. The maximum atomic E-state index is 12.0. The van der Waals surface area contributed by atoms with Crippen LogP contribution >= 0.6 is 0 Å². The molecule has 1 rings (SSSR count). The van der Waals surface area contributed by atoms with Gasteiger partial charge in [0.1, 0.15) is 23.9 Å². The fourth-order valence-corrected chi connectivity index (χ4v) is 3.06. The van der Waals surface area contributed by atoms with Crippen LogP contribution in [-0.2, 0) is 31.7 Å². The third kappa shape index (κ3) is 4.61. The first-order valence-corrected chi connectivity index (χ1v) is 7.64. The molecule has 0 fully saturated rings. The number of aliphatic carboxylic acids is 1. The van der Waals surface area contributed by atoms with E-state index < -0.39 is 39.3 Å². The molecule has 0 aliphatic rings. The van der Waals surface area contributed by atoms with Crippen LogP contribution in [0.4, 0.5) is 0 Å². The van der Waals surface area contributed by atoms with Crippen LogP contribution in [0.2, 0.25) is 0 Å². The molecule has 0 unspecified atom stereocenters. The van der Waals surface area contributed by atoms with Gasteiger partial charge in [0.2, 0.25) is 5.91 Å². The number of sulfone groups is 1. The Balaban J connectivity index is 2.83. The van der Waals surface area contributed by atoms with E-state index in [2.05, 4.69) is 15.4 Å². The Labute approximate surface area is 115 Å². The highest BCUT2D eigenvalue weighted by atomic mass is 32.2. The van der Waals surface area contributed by atoms with Crippen LogP contribution in [0.3, 0.4) is 0 Å². The highest BCUT2D eigenvalue weighted by Gasteiger charge is 2.27. The second-order valence-corrected chi connectivity index (χ2v) is 6.25. The number of amides is 1. The maximum absolute atomic E-state index is 12.0. The molecular formula is C10H16N4O5S. The fraction of sp³-hybridized carbons (Fsp3) is 0.600. The number of aryl methyl sites for hydroxylation is 1. The summed E-state index contributed by atoms with van der Waals surface area (Å²) in [6.45, 7) is 3.36. The number of carbonyl (C=O) groups excluding carboxylic acids is 1. The summed E-state index contributed by atoms with van der Waals surface area (Å²) in [5.41, 5.74) is 0. The van der Waals surface area contributed by atoms with E-state index in [1.54, 1.807) is 6.92 Å². The van der Waals surface area contributed by atoms with Gasteiger partial charge in [-0.2, -0.15) is 5.10 Å². The van der Waals surface area contributed by atoms with Gasteiger partial charge in [-0.05, 0) is 6.92 Å². The molecule has 112 valence electrons. The summed E-state index contributed by atoms with van der Waals surface area (Å²) in [4.78, 5) is 25.6. The minimum Gasteiger partial charge on any atom is -0.480 e. The van der Waals surface area contributed by atoms with Crippen LogP contribution in [-0.4, -0.2) is 52.0 Å². The van der Waals surface area contributed by atoms with E-state index in [4.69, 9.17) is 5.11 Å². The molecule has 0 bridgehead atoms. The van der Waals surface area contributed by atoms with E-state index in [0.29, 0.717) is 6.54 Å². The molecule has 2 N–H and O–H groups in total. The van der Waals surface area contributed by atoms with Crippen molar-refractivity contribution in [2.24, 2.45) is 0 Å². The average molecular weight is 304 g/mol. The predicted octanol–water partition coefficient (Wildman–Crippen LogP) is -1.20. The smallest absolute Gasteiger partial charge is 0.327 e. The summed E-state index contributed by atoms with van der Waals surface area (Å²) in [6, 6.07) is -1.48. The van der Waals surface area contributed by atoms with E-state index in [9.17, 15) is 18.0 Å². The summed E-state index contributed by atoms with van der Waals surface area (Å²) in [6.07, 6.45) is 1.23. The summed E-state index contributed by atoms with van der Waals surface area (Å²) in [7, 11) is -3.75. The van der Waals surface area contributed by atoms with Gasteiger partial charge < -0.3 is 10.4 Å². The average Bonchev–Trinajstić information content (AvgIpc) is 2.73. The van der Waals surface area contributed by atoms with E-state index in [0.717, 1.165) is 6.92 Å². The molecule has 0 aromatic carbocycles. The molecule has 1 aromatic heterocycles. The molecule has 1 atom stereocenters. The largest absolute Gasteiger partial charge is 0.480 e. The summed E-state index contributed by atoms with van der Waals surface area (Å²) >= 11 is 0. The van der Waals surface area contributed by atoms with Crippen molar-refractivity contribution in [3.05, 3.63) is 12.2 Å². The molecule has 1 amide bonds. The number of hydrogen-bond acceptors (Lipinski definition) is 6. The molecule has 0 spiro atoms. The minimum atomic E-state index is -3.75. The monoisotopic (exact) mass is 304 g/mol. The Morgan fingerprint density at radius 3 is 2.65 bits per heavy atom. The van der Waals surface area contributed by atoms with Gasteiger partial charge >= 0.3 is 5.97 Å². The Bertz CT molecular complexity index is 595. The molecule has 0 aliphatic carbocycles. The van der Waals surface area contributed by atoms with Crippen molar-refractivity contribution in [1.29, 1.82) is 0 Å². The van der Waals surface area contributed by atoms with Gasteiger partial charge in [-0.3, -0.25) is 4.79 Å². The zero-order chi connectivity index (χ0) is 15.3. The van der Waals surface area contributed by atoms with Crippen molar-refractivity contribution < 1.29 is 23.1 Å². The van der Waals surface area contributed by atoms with Gasteiger partial charge in [0.15, 0.2) is 9.84 Å². The minimum absolute atomic E-state index is 0.236. The Kier molecular flexibility index (Phi) is 5.19. The van der Waals surface area contributed by atoms with Crippen LogP contribution in [0.15, 0.2) is 6.33 Å². The lowest BCUT2D eigenvalue weighted by atomic mass is 10.3. The van der Waals surface area contributed by atoms with Crippen molar-refractivity contribution in [2.75, 3.05) is 5.75 Å². The molecule has 0 saturated carbocycles. The van der Waals surface area contributed by atoms with E-state index >= 15 is 0 Å². The zero-order valence-corrected chi connectivity index (χ0v) is 11.9. The first-order valence-electron chi connectivity index (χ1n) is 5.82. The van der Waals surface area contributed by atoms with Gasteiger partial charge in [0, 0.05) is 13.5 Å². The van der Waals surface area contributed by atoms with E-state index in [-0.39, 0.29) is 5.82 Å². The standard InChI is InChI=1S/C10H16N4O5S/c1-3-14-9(11-6-12-14)5-20(18,19)4-8(10(16)17)13-7(2)15/h6,8H,3-5H2,1-2H3,(H,13,15)(H,16,17)/t8-/m0/s1. The van der Waals surface area contributed by atoms with Crippen molar-refractivity contribution in [3.8, 4) is 0 Å². The van der Waals surface area contributed by atoms with Crippen molar-refractivity contribution >= 4 is 21.7 Å². The number of carbonyl (C=O) groups is 2. The van der Waals surface area contributed by atoms with Gasteiger partial charge in [0.25, 0.3) is 0 Å². The first-order chi connectivity index (χ1) is 9.25. The van der Waals surface area contributed by atoms with E-state index in [1.165, 1.54) is 11.0 Å². The van der Waals surface area contributed by atoms with Gasteiger partial charge in [-0.1, -0.05) is 0 Å². The van der Waals surface area contributed by atoms with Crippen LogP contribution in [0.5, 0.6) is 0 Å². The third-order valence-corrected chi connectivity index (χ3v) is 3.98. The van der Waals surface area contributed by atoms with Crippen LogP contribution < -0.4 is 5.32 Å². The summed E-state index contributed by atoms with van der Waals surface area (Å²) < 4.78 is 25.3. The van der Waals surface area contributed by atoms with Crippen LogP contribution in [0.25, 0.3) is 0 Å². The Morgan fingerprint density at radius 1 is 1.50 bits per heavy atom. The zero-order valence-electron chi connectivity index (χ0n) is 11.1. The lowest BCUT2D eigenvalue weighted by molar-refractivity contribution is -0.140. The SMILES string of the molecule is CCn1ncnc1CS(=O)(=O)C[C@H](NC(C)=O)C(=O)O. The molecule has 1 aromatic rings. The molecule has 10 heteroatoms. The predicted molar refractivity (Wildman–Crippen MR) is 68.4 cm³/mol. The van der Waals surface area contributed by atoms with Gasteiger partial charge in [-0.15, -0.1) is 0 Å². The summed E-state index contributed by atoms with van der Waals surface area (Å²) in [5.74, 6) is -2.90. The molecule has 20 heavy (non-hydrogen) atoms. The molecule has 0 radical (unpaired) electrons. The number of rotatable bonds is 7. The molecular weight excluding hydrogens is 288 g/mol. The normalized spacial score (nSPS) is 12.9. The first kappa shape index (κ1) is 16.1. The van der Waals surface area contributed by atoms with Gasteiger partial charge in [0.05, 0.1) is 5.75 Å². The maximum Gasteiger partial charge on any atom is 0.327 e. The fourth-order valence-electron chi connectivity index (χ4n) is 1.59. The quantitative estimate of drug-likeness (QED) is 0.647. The molecule has 0 saturated heterocycles. The molecule has 0 aliphatic heterocycles. The Hall–Kier alpha value is -1.97. The lowest BCUT2D eigenvalue weighted by Gasteiger charge is -2.13.